The summed E-state index contributed by atoms with van der Waals surface area (Å²) in [4.78, 5) is 12.1. The molecule has 0 atom stereocenters. The molecule has 1 fully saturated rings. The summed E-state index contributed by atoms with van der Waals surface area (Å²) in [5.41, 5.74) is 6.91. The molecule has 22 heavy (non-hydrogen) atoms. The van der Waals surface area contributed by atoms with E-state index in [1.54, 1.807) is 0 Å². The van der Waals surface area contributed by atoms with E-state index in [0.29, 0.717) is 12.2 Å². The summed E-state index contributed by atoms with van der Waals surface area (Å²) in [6, 6.07) is 12.1. The third-order valence-corrected chi connectivity index (χ3v) is 3.93. The number of carbonyl (C=O) groups is 1. The molecule has 1 saturated heterocycles. The molecule has 4 heteroatoms. The average Bonchev–Trinajstić information content (AvgIpc) is 2.76. The molecule has 2 aromatic carbocycles. The van der Waals surface area contributed by atoms with Crippen LogP contribution < -0.4 is 15.6 Å². The van der Waals surface area contributed by atoms with Gasteiger partial charge in [0.15, 0.2) is 0 Å². The van der Waals surface area contributed by atoms with E-state index in [0.717, 1.165) is 22.1 Å². The number of amides is 1. The average molecular weight is 296 g/mol. The summed E-state index contributed by atoms with van der Waals surface area (Å²) in [5, 5.41) is 2.21. The number of rotatable bonds is 3. The van der Waals surface area contributed by atoms with Crippen molar-refractivity contribution in [2.45, 2.75) is 26.3 Å². The highest BCUT2D eigenvalue weighted by atomic mass is 16.5. The van der Waals surface area contributed by atoms with Crippen molar-refractivity contribution < 1.29 is 9.53 Å². The maximum Gasteiger partial charge on any atom is 0.263 e. The number of fused-ring (bicyclic) bond motifs is 1. The molecule has 0 saturated carbocycles. The van der Waals surface area contributed by atoms with Crippen LogP contribution in [0.25, 0.3) is 16.8 Å². The van der Waals surface area contributed by atoms with E-state index in [-0.39, 0.29) is 5.91 Å². The Labute approximate surface area is 130 Å². The molecule has 4 nitrogen and oxygen atoms in total. The summed E-state index contributed by atoms with van der Waals surface area (Å²) in [6.45, 7) is 6.49. The predicted molar refractivity (Wildman–Crippen MR) is 88.5 cm³/mol. The van der Waals surface area contributed by atoms with Gasteiger partial charge in [-0.3, -0.25) is 10.2 Å². The lowest BCUT2D eigenvalue weighted by Crippen LogP contribution is -2.38. The number of hydrogen-bond donors (Lipinski definition) is 2. The van der Waals surface area contributed by atoms with E-state index in [1.807, 2.05) is 51.1 Å². The molecule has 0 aromatic heterocycles. The fourth-order valence-corrected chi connectivity index (χ4v) is 2.73. The Morgan fingerprint density at radius 1 is 1.18 bits per heavy atom. The van der Waals surface area contributed by atoms with Crippen LogP contribution in [0.5, 0.6) is 5.75 Å². The Morgan fingerprint density at radius 3 is 2.64 bits per heavy atom. The molecule has 2 N–H and O–H groups in total. The van der Waals surface area contributed by atoms with Gasteiger partial charge in [0, 0.05) is 11.1 Å². The summed E-state index contributed by atoms with van der Waals surface area (Å²) in [7, 11) is 0. The Balaban J connectivity index is 2.24. The van der Waals surface area contributed by atoms with Crippen molar-refractivity contribution in [1.82, 2.24) is 10.9 Å². The monoisotopic (exact) mass is 296 g/mol. The first-order chi connectivity index (χ1) is 10.5. The van der Waals surface area contributed by atoms with Gasteiger partial charge in [-0.1, -0.05) is 30.3 Å². The molecule has 3 rings (SSSR count). The smallest absolute Gasteiger partial charge is 0.263 e. The zero-order chi connectivity index (χ0) is 15.7. The van der Waals surface area contributed by atoms with Gasteiger partial charge in [-0.05, 0) is 43.7 Å². The minimum absolute atomic E-state index is 0.0969. The van der Waals surface area contributed by atoms with Gasteiger partial charge in [-0.25, -0.2) is 5.43 Å². The Bertz CT molecular complexity index is 763. The fourth-order valence-electron chi connectivity index (χ4n) is 2.73. The number of ether oxygens (including phenoxy) is 1. The zero-order valence-corrected chi connectivity index (χ0v) is 13.1. The van der Waals surface area contributed by atoms with Crippen LogP contribution in [-0.2, 0) is 4.79 Å². The molecule has 114 valence electrons. The fraction of sp³-hybridized carbons (Fsp3) is 0.278. The second kappa shape index (κ2) is 5.46. The SMILES string of the molecule is CCOc1ccc2ccccc2c1/C=C1\C(=O)NNC1(C)C. The van der Waals surface area contributed by atoms with Crippen LogP contribution in [0.1, 0.15) is 26.3 Å². The molecule has 2 aromatic rings. The lowest BCUT2D eigenvalue weighted by atomic mass is 9.92. The van der Waals surface area contributed by atoms with Crippen LogP contribution in [0.3, 0.4) is 0 Å². The van der Waals surface area contributed by atoms with Crippen LogP contribution in [0, 0.1) is 0 Å². The molecule has 0 aliphatic carbocycles. The van der Waals surface area contributed by atoms with Gasteiger partial charge in [0.05, 0.1) is 12.1 Å². The van der Waals surface area contributed by atoms with Gasteiger partial charge in [-0.2, -0.15) is 0 Å². The minimum Gasteiger partial charge on any atom is -0.493 e. The van der Waals surface area contributed by atoms with E-state index in [9.17, 15) is 4.79 Å². The maximum absolute atomic E-state index is 12.1. The van der Waals surface area contributed by atoms with Crippen LogP contribution in [0.15, 0.2) is 42.0 Å². The molecule has 1 amide bonds. The Kier molecular flexibility index (Phi) is 3.62. The van der Waals surface area contributed by atoms with Crippen molar-refractivity contribution in [1.29, 1.82) is 0 Å². The lowest BCUT2D eigenvalue weighted by Gasteiger charge is -2.18. The van der Waals surface area contributed by atoms with Crippen molar-refractivity contribution in [2.24, 2.45) is 0 Å². The lowest BCUT2D eigenvalue weighted by molar-refractivity contribution is -0.116. The van der Waals surface area contributed by atoms with Crippen LogP contribution >= 0.6 is 0 Å². The van der Waals surface area contributed by atoms with Crippen molar-refractivity contribution in [3.8, 4) is 5.75 Å². The Morgan fingerprint density at radius 2 is 1.95 bits per heavy atom. The molecule has 1 heterocycles. The van der Waals surface area contributed by atoms with Crippen molar-refractivity contribution >= 4 is 22.8 Å². The van der Waals surface area contributed by atoms with E-state index in [4.69, 9.17) is 4.74 Å². The predicted octanol–water partition coefficient (Wildman–Crippen LogP) is 3.03. The van der Waals surface area contributed by atoms with Crippen LogP contribution in [-0.4, -0.2) is 18.1 Å². The largest absolute Gasteiger partial charge is 0.493 e. The third-order valence-electron chi connectivity index (χ3n) is 3.93. The first-order valence-corrected chi connectivity index (χ1v) is 7.47. The quantitative estimate of drug-likeness (QED) is 0.856. The molecular weight excluding hydrogens is 276 g/mol. The summed E-state index contributed by atoms with van der Waals surface area (Å²) in [5.74, 6) is 0.699. The molecule has 0 bridgehead atoms. The first-order valence-electron chi connectivity index (χ1n) is 7.47. The first kappa shape index (κ1) is 14.6. The third kappa shape index (κ3) is 2.46. The van der Waals surface area contributed by atoms with E-state index in [2.05, 4.69) is 23.0 Å². The van der Waals surface area contributed by atoms with Crippen molar-refractivity contribution in [3.05, 3.63) is 47.5 Å². The highest BCUT2D eigenvalue weighted by Gasteiger charge is 2.35. The van der Waals surface area contributed by atoms with Gasteiger partial charge < -0.3 is 4.74 Å². The van der Waals surface area contributed by atoms with Gasteiger partial charge in [0.25, 0.3) is 5.91 Å². The normalized spacial score (nSPS) is 18.7. The molecule has 1 aliphatic rings. The van der Waals surface area contributed by atoms with Gasteiger partial charge in [-0.15, -0.1) is 0 Å². The highest BCUT2D eigenvalue weighted by Crippen LogP contribution is 2.33. The number of carbonyl (C=O) groups excluding carboxylic acids is 1. The van der Waals surface area contributed by atoms with Gasteiger partial charge in [0.1, 0.15) is 5.75 Å². The number of nitrogens with one attached hydrogen (secondary N) is 2. The van der Waals surface area contributed by atoms with Crippen LogP contribution in [0.4, 0.5) is 0 Å². The summed E-state index contributed by atoms with van der Waals surface area (Å²) >= 11 is 0. The van der Waals surface area contributed by atoms with Crippen molar-refractivity contribution in [2.75, 3.05) is 6.61 Å². The van der Waals surface area contributed by atoms with Crippen LogP contribution in [0.2, 0.25) is 0 Å². The number of benzene rings is 2. The van der Waals surface area contributed by atoms with Crippen molar-refractivity contribution in [3.63, 3.8) is 0 Å². The summed E-state index contributed by atoms with van der Waals surface area (Å²) in [6.07, 6.45) is 1.93. The minimum atomic E-state index is -0.419. The zero-order valence-electron chi connectivity index (χ0n) is 13.1. The molecule has 0 radical (unpaired) electrons. The standard InChI is InChI=1S/C18H20N2O2/c1-4-22-16-10-9-12-7-5-6-8-13(12)14(16)11-15-17(21)19-20-18(15,2)3/h5-11,20H,4H2,1-3H3,(H,19,21)/b15-11+. The highest BCUT2D eigenvalue weighted by molar-refractivity contribution is 6.05. The van der Waals surface area contributed by atoms with E-state index < -0.39 is 5.54 Å². The van der Waals surface area contributed by atoms with E-state index in [1.165, 1.54) is 0 Å². The van der Waals surface area contributed by atoms with Gasteiger partial charge >= 0.3 is 0 Å². The number of hydrogen-bond acceptors (Lipinski definition) is 3. The summed E-state index contributed by atoms with van der Waals surface area (Å²) < 4.78 is 5.76. The number of hydrazine groups is 1. The second-order valence-corrected chi connectivity index (χ2v) is 5.89. The van der Waals surface area contributed by atoms with E-state index >= 15 is 0 Å². The molecule has 1 aliphatic heterocycles. The maximum atomic E-state index is 12.1. The van der Waals surface area contributed by atoms with Gasteiger partial charge in [0.2, 0.25) is 0 Å². The topological polar surface area (TPSA) is 50.4 Å². The molecular formula is C18H20N2O2. The molecule has 0 unspecified atom stereocenters. The molecule has 0 spiro atoms. The Hall–Kier alpha value is -2.33. The second-order valence-electron chi connectivity index (χ2n) is 5.89.